The summed E-state index contributed by atoms with van der Waals surface area (Å²) in [4.78, 5) is 14.9. The number of aromatic amines is 1. The number of H-pyrrole nitrogens is 1. The van der Waals surface area contributed by atoms with Gasteiger partial charge < -0.3 is 19.8 Å². The maximum Gasteiger partial charge on any atom is 0.135 e. The normalized spacial score (nSPS) is 14.5. The van der Waals surface area contributed by atoms with Crippen LogP contribution in [0.2, 0.25) is 0 Å². The first-order chi connectivity index (χ1) is 16.2. The lowest BCUT2D eigenvalue weighted by Gasteiger charge is -2.26. The molecule has 0 atom stereocenters. The number of ether oxygens (including phenoxy) is 2. The number of anilines is 2. The van der Waals surface area contributed by atoms with E-state index in [-0.39, 0.29) is 0 Å². The maximum atomic E-state index is 6.12. The van der Waals surface area contributed by atoms with E-state index >= 15 is 0 Å². The van der Waals surface area contributed by atoms with E-state index in [9.17, 15) is 0 Å². The molecule has 3 heterocycles. The third kappa shape index (κ3) is 5.50. The summed E-state index contributed by atoms with van der Waals surface area (Å²) in [6.07, 6.45) is 2.41. The summed E-state index contributed by atoms with van der Waals surface area (Å²) in [6.45, 7) is 7.16. The molecule has 1 saturated heterocycles. The number of para-hydroxylation sites is 1. The van der Waals surface area contributed by atoms with Crippen molar-refractivity contribution < 1.29 is 9.47 Å². The minimum atomic E-state index is 0.610. The van der Waals surface area contributed by atoms with Gasteiger partial charge in [-0.1, -0.05) is 18.2 Å². The van der Waals surface area contributed by atoms with E-state index in [1.54, 1.807) is 6.20 Å². The molecule has 7 nitrogen and oxygen atoms in total. The van der Waals surface area contributed by atoms with Crippen molar-refractivity contribution in [3.8, 4) is 5.75 Å². The number of hydrogen-bond donors (Lipinski definition) is 2. The fourth-order valence-electron chi connectivity index (χ4n) is 4.13. The van der Waals surface area contributed by atoms with E-state index < -0.39 is 0 Å². The van der Waals surface area contributed by atoms with Crippen molar-refractivity contribution in [1.29, 1.82) is 0 Å². The van der Waals surface area contributed by atoms with Gasteiger partial charge in [0.15, 0.2) is 0 Å². The van der Waals surface area contributed by atoms with Crippen LogP contribution in [0.25, 0.3) is 10.9 Å². The minimum Gasteiger partial charge on any atom is -0.492 e. The number of nitrogens with zero attached hydrogens (tertiary/aromatic N) is 3. The molecule has 7 heteroatoms. The van der Waals surface area contributed by atoms with Crippen LogP contribution >= 0.6 is 0 Å². The first-order valence-corrected chi connectivity index (χ1v) is 11.4. The van der Waals surface area contributed by atoms with Crippen LogP contribution in [-0.2, 0) is 11.2 Å². The summed E-state index contributed by atoms with van der Waals surface area (Å²) in [6, 6.07) is 18.4. The highest BCUT2D eigenvalue weighted by Gasteiger charge is 2.11. The summed E-state index contributed by atoms with van der Waals surface area (Å²) in [7, 11) is 0. The maximum absolute atomic E-state index is 6.12. The van der Waals surface area contributed by atoms with Gasteiger partial charge in [0.05, 0.1) is 13.2 Å². The van der Waals surface area contributed by atoms with Gasteiger partial charge >= 0.3 is 0 Å². The number of aromatic nitrogens is 3. The summed E-state index contributed by atoms with van der Waals surface area (Å²) in [5.41, 5.74) is 4.36. The molecule has 0 amide bonds. The first kappa shape index (κ1) is 21.4. The molecule has 0 saturated carbocycles. The van der Waals surface area contributed by atoms with Crippen LogP contribution in [0.15, 0.2) is 60.8 Å². The smallest absolute Gasteiger partial charge is 0.135 e. The number of nitrogens with one attached hydrogen (secondary N) is 2. The van der Waals surface area contributed by atoms with Crippen LogP contribution in [0.5, 0.6) is 5.75 Å². The molecule has 0 radical (unpaired) electrons. The van der Waals surface area contributed by atoms with Crippen LogP contribution in [0.4, 0.5) is 11.5 Å². The average Bonchev–Trinajstić information content (AvgIpc) is 3.20. The third-order valence-corrected chi connectivity index (χ3v) is 5.82. The molecule has 2 aromatic heterocycles. The largest absolute Gasteiger partial charge is 0.492 e. The average molecular weight is 444 g/mol. The standard InChI is InChI=1S/C26H29N5O2/c1-19-16-21-17-22(6-7-23(21)28-19)29-25-8-9-27-26(30-25)18-20-4-2-3-5-24(20)33-15-12-31-10-13-32-14-11-31/h2-9,16-17,28H,10-15,18H2,1H3,(H,27,29,30). The summed E-state index contributed by atoms with van der Waals surface area (Å²) >= 11 is 0. The Hall–Kier alpha value is -3.42. The van der Waals surface area contributed by atoms with Gasteiger partial charge in [-0.25, -0.2) is 9.97 Å². The highest BCUT2D eigenvalue weighted by molar-refractivity contribution is 5.84. The van der Waals surface area contributed by atoms with Crippen molar-refractivity contribution >= 4 is 22.4 Å². The van der Waals surface area contributed by atoms with E-state index in [1.165, 1.54) is 5.39 Å². The molecule has 0 unspecified atom stereocenters. The van der Waals surface area contributed by atoms with Gasteiger partial charge in [-0.2, -0.15) is 0 Å². The van der Waals surface area contributed by atoms with Crippen LogP contribution in [0, 0.1) is 6.92 Å². The molecule has 0 aliphatic carbocycles. The molecule has 1 aliphatic heterocycles. The lowest BCUT2D eigenvalue weighted by Crippen LogP contribution is -2.38. The van der Waals surface area contributed by atoms with E-state index in [0.29, 0.717) is 13.0 Å². The van der Waals surface area contributed by atoms with Crippen LogP contribution in [0.1, 0.15) is 17.1 Å². The Bertz CT molecular complexity index is 1220. The number of rotatable bonds is 8. The van der Waals surface area contributed by atoms with Crippen LogP contribution in [0.3, 0.4) is 0 Å². The van der Waals surface area contributed by atoms with Crippen molar-refractivity contribution in [3.05, 3.63) is 77.9 Å². The predicted molar refractivity (Wildman–Crippen MR) is 130 cm³/mol. The molecule has 0 bridgehead atoms. The van der Waals surface area contributed by atoms with Crippen molar-refractivity contribution in [3.63, 3.8) is 0 Å². The van der Waals surface area contributed by atoms with Crippen molar-refractivity contribution in [1.82, 2.24) is 19.9 Å². The van der Waals surface area contributed by atoms with Gasteiger partial charge in [0.25, 0.3) is 0 Å². The Morgan fingerprint density at radius 1 is 1.09 bits per heavy atom. The molecule has 2 aromatic carbocycles. The van der Waals surface area contributed by atoms with E-state index in [0.717, 1.165) is 72.7 Å². The molecule has 5 rings (SSSR count). The lowest BCUT2D eigenvalue weighted by molar-refractivity contribution is 0.0322. The Morgan fingerprint density at radius 3 is 2.88 bits per heavy atom. The summed E-state index contributed by atoms with van der Waals surface area (Å²) in [5, 5.41) is 4.58. The quantitative estimate of drug-likeness (QED) is 0.423. The number of benzene rings is 2. The first-order valence-electron chi connectivity index (χ1n) is 11.4. The van der Waals surface area contributed by atoms with E-state index in [1.807, 2.05) is 24.3 Å². The van der Waals surface area contributed by atoms with Crippen LogP contribution in [-0.4, -0.2) is 59.3 Å². The molecule has 0 spiro atoms. The van der Waals surface area contributed by atoms with Gasteiger partial charge in [0.2, 0.25) is 0 Å². The number of aryl methyl sites for hydroxylation is 1. The summed E-state index contributed by atoms with van der Waals surface area (Å²) < 4.78 is 11.5. The third-order valence-electron chi connectivity index (χ3n) is 5.82. The molecule has 33 heavy (non-hydrogen) atoms. The number of hydrogen-bond acceptors (Lipinski definition) is 6. The molecule has 1 aliphatic rings. The zero-order chi connectivity index (χ0) is 22.5. The van der Waals surface area contributed by atoms with Crippen molar-refractivity contribution in [2.45, 2.75) is 13.3 Å². The van der Waals surface area contributed by atoms with Gasteiger partial charge in [-0.15, -0.1) is 0 Å². The fourth-order valence-corrected chi connectivity index (χ4v) is 4.13. The van der Waals surface area contributed by atoms with E-state index in [2.05, 4.69) is 57.4 Å². The Morgan fingerprint density at radius 2 is 1.97 bits per heavy atom. The molecule has 2 N–H and O–H groups in total. The van der Waals surface area contributed by atoms with Crippen molar-refractivity contribution in [2.75, 3.05) is 44.8 Å². The Kier molecular flexibility index (Phi) is 6.51. The Labute approximate surface area is 193 Å². The monoisotopic (exact) mass is 443 g/mol. The van der Waals surface area contributed by atoms with Gasteiger partial charge in [0, 0.05) is 60.1 Å². The second-order valence-corrected chi connectivity index (χ2v) is 8.32. The highest BCUT2D eigenvalue weighted by Crippen LogP contribution is 2.24. The fraction of sp³-hybridized carbons (Fsp3) is 0.308. The molecule has 170 valence electrons. The SMILES string of the molecule is Cc1cc2cc(Nc3ccnc(Cc4ccccc4OCCN4CCOCC4)n3)ccc2[nH]1. The molecule has 1 fully saturated rings. The Balaban J connectivity index is 1.24. The second-order valence-electron chi connectivity index (χ2n) is 8.32. The van der Waals surface area contributed by atoms with Crippen LogP contribution < -0.4 is 10.1 Å². The predicted octanol–water partition coefficient (Wildman–Crippen LogP) is 4.31. The van der Waals surface area contributed by atoms with Gasteiger partial charge in [-0.3, -0.25) is 4.90 Å². The molecular weight excluding hydrogens is 414 g/mol. The van der Waals surface area contributed by atoms with Crippen molar-refractivity contribution in [2.24, 2.45) is 0 Å². The summed E-state index contributed by atoms with van der Waals surface area (Å²) in [5.74, 6) is 2.42. The highest BCUT2D eigenvalue weighted by atomic mass is 16.5. The molecule has 4 aromatic rings. The van der Waals surface area contributed by atoms with Gasteiger partial charge in [0.1, 0.15) is 24.0 Å². The van der Waals surface area contributed by atoms with E-state index in [4.69, 9.17) is 14.5 Å². The minimum absolute atomic E-state index is 0.610. The number of morpholine rings is 1. The lowest BCUT2D eigenvalue weighted by atomic mass is 10.1. The second kappa shape index (κ2) is 10.0. The number of fused-ring (bicyclic) bond motifs is 1. The zero-order valence-electron chi connectivity index (χ0n) is 18.9. The molecular formula is C26H29N5O2. The zero-order valence-corrected chi connectivity index (χ0v) is 18.9. The van der Waals surface area contributed by atoms with Gasteiger partial charge in [-0.05, 0) is 43.3 Å². The topological polar surface area (TPSA) is 75.3 Å².